The van der Waals surface area contributed by atoms with Crippen LogP contribution in [0.2, 0.25) is 0 Å². The zero-order valence-electron chi connectivity index (χ0n) is 47.7. The van der Waals surface area contributed by atoms with E-state index in [0.717, 1.165) is 5.57 Å². The van der Waals surface area contributed by atoms with Crippen molar-refractivity contribution in [3.8, 4) is 0 Å². The fourth-order valence-corrected chi connectivity index (χ4v) is 15.1. The van der Waals surface area contributed by atoms with E-state index in [0.29, 0.717) is 38.5 Å². The molecule has 21 nitrogen and oxygen atoms in total. The van der Waals surface area contributed by atoms with E-state index < -0.39 is 163 Å². The second-order valence-corrected chi connectivity index (χ2v) is 24.2. The van der Waals surface area contributed by atoms with E-state index in [-0.39, 0.29) is 43.5 Å². The summed E-state index contributed by atoms with van der Waals surface area (Å²) >= 11 is 0. The number of ketones is 1. The predicted octanol–water partition coefficient (Wildman–Crippen LogP) is 3.97. The number of rotatable bonds is 17. The van der Waals surface area contributed by atoms with Gasteiger partial charge in [0.1, 0.15) is 65.8 Å². The minimum Gasteiger partial charge on any atom is -0.458 e. The summed E-state index contributed by atoms with van der Waals surface area (Å²) in [5.74, 6) is -3.04. The van der Waals surface area contributed by atoms with Crippen molar-refractivity contribution in [3.63, 3.8) is 0 Å². The summed E-state index contributed by atoms with van der Waals surface area (Å²) in [6, 6.07) is 0. The Bertz CT molecular complexity index is 2090. The minimum absolute atomic E-state index is 0.0286. The molecule has 0 radical (unpaired) electrons. The molecule has 26 unspecified atom stereocenters. The lowest BCUT2D eigenvalue weighted by molar-refractivity contribution is -0.356. The van der Waals surface area contributed by atoms with Crippen molar-refractivity contribution in [2.24, 2.45) is 28.6 Å². The Morgan fingerprint density at radius 2 is 1.19 bits per heavy atom. The third kappa shape index (κ3) is 11.2. The van der Waals surface area contributed by atoms with Crippen LogP contribution in [0.5, 0.6) is 0 Å². The molecule has 0 amide bonds. The van der Waals surface area contributed by atoms with Gasteiger partial charge in [0, 0.05) is 78.3 Å². The third-order valence-corrected chi connectivity index (χ3v) is 19.1. The van der Waals surface area contributed by atoms with E-state index in [1.54, 1.807) is 35.2 Å². The Hall–Kier alpha value is -2.29. The molecule has 26 atom stereocenters. The molecular formula is C56H90O21. The zero-order chi connectivity index (χ0) is 56.3. The van der Waals surface area contributed by atoms with Crippen LogP contribution in [0.15, 0.2) is 11.6 Å². The van der Waals surface area contributed by atoms with Gasteiger partial charge < -0.3 is 86.7 Å². The van der Waals surface area contributed by atoms with Gasteiger partial charge in [0.25, 0.3) is 0 Å². The van der Waals surface area contributed by atoms with Crippen LogP contribution >= 0.6 is 0 Å². The van der Waals surface area contributed by atoms with Crippen molar-refractivity contribution in [2.45, 2.75) is 267 Å². The highest BCUT2D eigenvalue weighted by molar-refractivity contribution is 5.80. The minimum atomic E-state index is -1.86. The molecule has 4 saturated heterocycles. The molecule has 0 aromatic carbocycles. The molecule has 440 valence electrons. The van der Waals surface area contributed by atoms with Crippen LogP contribution in [0.4, 0.5) is 0 Å². The van der Waals surface area contributed by atoms with E-state index >= 15 is 0 Å². The Morgan fingerprint density at radius 1 is 0.662 bits per heavy atom. The van der Waals surface area contributed by atoms with Gasteiger partial charge in [0.05, 0.1) is 48.8 Å². The molecule has 7 fully saturated rings. The van der Waals surface area contributed by atoms with Crippen molar-refractivity contribution in [2.75, 3.05) is 28.4 Å². The third-order valence-electron chi connectivity index (χ3n) is 19.1. The molecule has 4 aliphatic heterocycles. The Balaban J connectivity index is 0.898. The molecule has 0 aromatic heterocycles. The molecule has 0 bridgehead atoms. The summed E-state index contributed by atoms with van der Waals surface area (Å²) < 4.78 is 87.3. The first-order valence-electron chi connectivity index (χ1n) is 28.0. The number of carbonyl (C=O) groups is 3. The molecule has 4 heterocycles. The van der Waals surface area contributed by atoms with Gasteiger partial charge in [0.2, 0.25) is 0 Å². The van der Waals surface area contributed by atoms with Crippen LogP contribution in [0.1, 0.15) is 133 Å². The summed E-state index contributed by atoms with van der Waals surface area (Å²) in [5.41, 5.74) is -5.03. The predicted molar refractivity (Wildman–Crippen MR) is 270 cm³/mol. The van der Waals surface area contributed by atoms with E-state index in [2.05, 4.69) is 0 Å². The highest BCUT2D eigenvalue weighted by Gasteiger charge is 2.81. The number of ether oxygens (including phenoxy) is 14. The largest absolute Gasteiger partial charge is 0.458 e. The second kappa shape index (κ2) is 23.9. The number of aliphatic hydroxyl groups excluding tert-OH is 2. The lowest BCUT2D eigenvalue weighted by Gasteiger charge is -2.68. The average molecular weight is 1100 g/mol. The molecule has 3 saturated carbocycles. The Kier molecular flexibility index (Phi) is 18.9. The van der Waals surface area contributed by atoms with Gasteiger partial charge in [-0.05, 0) is 84.5 Å². The molecule has 21 heteroatoms. The number of hydrogen-bond donors (Lipinski definition) is 4. The van der Waals surface area contributed by atoms with Crippen molar-refractivity contribution < 1.29 is 101 Å². The summed E-state index contributed by atoms with van der Waals surface area (Å²) in [7, 11) is 6.22. The Morgan fingerprint density at radius 3 is 1.69 bits per heavy atom. The van der Waals surface area contributed by atoms with Crippen LogP contribution in [0.3, 0.4) is 0 Å². The maximum atomic E-state index is 13.6. The van der Waals surface area contributed by atoms with Crippen LogP contribution in [0, 0.1) is 28.6 Å². The Labute approximate surface area is 453 Å². The fraction of sp³-hybridized carbons (Fsp3) is 0.911. The summed E-state index contributed by atoms with van der Waals surface area (Å²) in [6.07, 6.45) is -9.42. The van der Waals surface area contributed by atoms with Crippen molar-refractivity contribution in [1.82, 2.24) is 0 Å². The van der Waals surface area contributed by atoms with Gasteiger partial charge in [-0.25, -0.2) is 0 Å². The molecule has 4 N–H and O–H groups in total. The number of methoxy groups -OCH3 is 4. The lowest BCUT2D eigenvalue weighted by atomic mass is 9.42. The molecule has 0 spiro atoms. The van der Waals surface area contributed by atoms with E-state index in [1.165, 1.54) is 21.0 Å². The first-order valence-corrected chi connectivity index (χ1v) is 28.0. The van der Waals surface area contributed by atoms with Gasteiger partial charge in [-0.2, -0.15) is 0 Å². The lowest BCUT2D eigenvalue weighted by Crippen LogP contribution is -2.80. The number of aliphatic hydroxyl groups is 4. The first-order chi connectivity index (χ1) is 36.3. The zero-order valence-corrected chi connectivity index (χ0v) is 47.7. The average Bonchev–Trinajstić information content (AvgIpc) is 3.85. The first kappa shape index (κ1) is 60.8. The van der Waals surface area contributed by atoms with Gasteiger partial charge >= 0.3 is 11.9 Å². The summed E-state index contributed by atoms with van der Waals surface area (Å²) in [6.45, 7) is 17.6. The highest BCUT2D eigenvalue weighted by Crippen LogP contribution is 2.70. The van der Waals surface area contributed by atoms with Crippen molar-refractivity contribution >= 4 is 17.7 Å². The number of Topliss-reactive ketones (excluding diaryl/α,β-unsaturated/α-hetero) is 1. The van der Waals surface area contributed by atoms with Crippen LogP contribution in [-0.4, -0.2) is 201 Å². The maximum Gasteiger partial charge on any atom is 0.306 e. The SMILES string of the molecule is COC1CC(OC2CCC3(C)C(=CCC4(O)C3C(OC(C)=O)C(OC(=O)CC(C)C)C3(C)C(C(C)=O)CCC43O)C2)OC(C)C1OC1CC(OC)C(OC2CC(OC)C(OC3OC(C)C(O)C(OC)C3O)C(C)O2)C(C)O1. The smallest absolute Gasteiger partial charge is 0.306 e. The second-order valence-electron chi connectivity index (χ2n) is 24.2. The van der Waals surface area contributed by atoms with Gasteiger partial charge in [-0.15, -0.1) is 0 Å². The van der Waals surface area contributed by atoms with E-state index in [1.807, 2.05) is 47.6 Å². The van der Waals surface area contributed by atoms with Crippen LogP contribution in [-0.2, 0) is 80.7 Å². The highest BCUT2D eigenvalue weighted by atomic mass is 16.8. The van der Waals surface area contributed by atoms with Gasteiger partial charge in [0.15, 0.2) is 25.2 Å². The number of fused-ring (bicyclic) bond motifs is 5. The van der Waals surface area contributed by atoms with Crippen molar-refractivity contribution in [1.29, 1.82) is 0 Å². The molecule has 77 heavy (non-hydrogen) atoms. The number of hydrogen-bond acceptors (Lipinski definition) is 21. The standard InChI is InChI=1S/C56H90O21/c1-26(2)21-39(59)74-51-49(72-32(8)58)50-53(9)18-16-34(22-33(53)15-19-55(50,62)56(63)20-17-35(27(3)57)54(51,56)10)73-40-23-36(64-11)45(29(5)68-40)75-41-24-37(65-12)46(30(6)69-41)76-42-25-38(66-13)47(31(7)70-42)77-52-44(61)48(67-14)43(60)28(4)71-52/h15,26,28-31,34-38,40-52,60-63H,16-25H2,1-14H3. The molecule has 8 rings (SSSR count). The molecule has 0 aromatic rings. The number of esters is 2. The topological polar surface area (TPSA) is 261 Å². The molecule has 8 aliphatic rings. The molecule has 4 aliphatic carbocycles. The monoisotopic (exact) mass is 1100 g/mol. The van der Waals surface area contributed by atoms with Gasteiger partial charge in [-0.3, -0.25) is 14.4 Å². The van der Waals surface area contributed by atoms with Crippen LogP contribution in [0.25, 0.3) is 0 Å². The molecular weight excluding hydrogens is 1010 g/mol. The van der Waals surface area contributed by atoms with Crippen LogP contribution < -0.4 is 0 Å². The van der Waals surface area contributed by atoms with E-state index in [4.69, 9.17) is 66.3 Å². The van der Waals surface area contributed by atoms with Crippen molar-refractivity contribution in [3.05, 3.63) is 11.6 Å². The quantitative estimate of drug-likeness (QED) is 0.119. The summed E-state index contributed by atoms with van der Waals surface area (Å²) in [5, 5.41) is 47.7. The normalized spacial score (nSPS) is 49.0. The maximum absolute atomic E-state index is 13.6. The number of carbonyl (C=O) groups excluding carboxylic acids is 3. The summed E-state index contributed by atoms with van der Waals surface area (Å²) in [4.78, 5) is 40.1. The van der Waals surface area contributed by atoms with Gasteiger partial charge in [-0.1, -0.05) is 39.3 Å². The van der Waals surface area contributed by atoms with E-state index in [9.17, 15) is 34.8 Å². The fourth-order valence-electron chi connectivity index (χ4n) is 15.1.